The number of para-hydroxylation sites is 1. The molecule has 1 aliphatic rings. The zero-order chi connectivity index (χ0) is 25.3. The first kappa shape index (κ1) is 25.9. The van der Waals surface area contributed by atoms with Gasteiger partial charge in [0.15, 0.2) is 0 Å². The van der Waals surface area contributed by atoms with E-state index in [2.05, 4.69) is 15.5 Å². The van der Waals surface area contributed by atoms with Crippen molar-refractivity contribution < 1.29 is 14.3 Å². The van der Waals surface area contributed by atoms with Gasteiger partial charge in [-0.05, 0) is 43.7 Å². The van der Waals surface area contributed by atoms with Crippen LogP contribution >= 0.6 is 11.3 Å². The summed E-state index contributed by atoms with van der Waals surface area (Å²) in [5.41, 5.74) is 2.75. The SMILES string of the molecule is CNCc1ccc(C(=O)N(C)CCN2CCC(OC(=O)Nc3ccccc3-c3ccccc3)CC2)s1. The maximum Gasteiger partial charge on any atom is 0.411 e. The Balaban J connectivity index is 1.20. The normalized spacial score (nSPS) is 14.4. The molecule has 2 N–H and O–H groups in total. The zero-order valence-corrected chi connectivity index (χ0v) is 21.7. The van der Waals surface area contributed by atoms with Crippen LogP contribution < -0.4 is 10.6 Å². The van der Waals surface area contributed by atoms with Crippen molar-refractivity contribution in [2.75, 3.05) is 45.6 Å². The van der Waals surface area contributed by atoms with Gasteiger partial charge in [-0.25, -0.2) is 4.79 Å². The number of piperidine rings is 1. The van der Waals surface area contributed by atoms with Gasteiger partial charge >= 0.3 is 6.09 Å². The summed E-state index contributed by atoms with van der Waals surface area (Å²) in [6.45, 7) is 3.93. The molecule has 2 amide bonds. The molecular weight excluding hydrogens is 472 g/mol. The van der Waals surface area contributed by atoms with E-state index in [-0.39, 0.29) is 12.0 Å². The number of benzene rings is 2. The lowest BCUT2D eigenvalue weighted by Crippen LogP contribution is -2.42. The molecule has 2 heterocycles. The van der Waals surface area contributed by atoms with Crippen molar-refractivity contribution in [1.29, 1.82) is 0 Å². The molecule has 2 aromatic carbocycles. The lowest BCUT2D eigenvalue weighted by Gasteiger charge is -2.32. The minimum Gasteiger partial charge on any atom is -0.446 e. The van der Waals surface area contributed by atoms with Crippen LogP contribution in [0, 0.1) is 0 Å². The third-order valence-electron chi connectivity index (χ3n) is 6.38. The van der Waals surface area contributed by atoms with E-state index in [4.69, 9.17) is 4.74 Å². The van der Waals surface area contributed by atoms with Gasteiger partial charge in [-0.1, -0.05) is 48.5 Å². The van der Waals surface area contributed by atoms with Crippen molar-refractivity contribution in [3.63, 3.8) is 0 Å². The average Bonchev–Trinajstić information content (AvgIpc) is 3.37. The average molecular weight is 507 g/mol. The van der Waals surface area contributed by atoms with Crippen molar-refractivity contribution in [3.05, 3.63) is 76.5 Å². The number of anilines is 1. The Hall–Kier alpha value is -3.20. The first-order valence-corrected chi connectivity index (χ1v) is 13.2. The van der Waals surface area contributed by atoms with Crippen LogP contribution in [-0.2, 0) is 11.3 Å². The number of hydrogen-bond acceptors (Lipinski definition) is 6. The lowest BCUT2D eigenvalue weighted by atomic mass is 10.0. The molecule has 0 bridgehead atoms. The van der Waals surface area contributed by atoms with Crippen molar-refractivity contribution in [2.24, 2.45) is 0 Å². The van der Waals surface area contributed by atoms with Gasteiger partial charge in [0.2, 0.25) is 0 Å². The molecule has 36 heavy (non-hydrogen) atoms. The second-order valence-corrected chi connectivity index (χ2v) is 10.2. The summed E-state index contributed by atoms with van der Waals surface area (Å²) in [6.07, 6.45) is 1.03. The summed E-state index contributed by atoms with van der Waals surface area (Å²) >= 11 is 1.54. The highest BCUT2D eigenvalue weighted by molar-refractivity contribution is 7.14. The maximum absolute atomic E-state index is 12.7. The fourth-order valence-corrected chi connectivity index (χ4v) is 5.36. The highest BCUT2D eigenvalue weighted by Gasteiger charge is 2.23. The highest BCUT2D eigenvalue weighted by Crippen LogP contribution is 2.28. The van der Waals surface area contributed by atoms with Crippen molar-refractivity contribution in [3.8, 4) is 11.1 Å². The second kappa shape index (κ2) is 12.7. The smallest absolute Gasteiger partial charge is 0.411 e. The number of likely N-dealkylation sites (tertiary alicyclic amines) is 1. The van der Waals surface area contributed by atoms with Gasteiger partial charge in [0.05, 0.1) is 10.6 Å². The van der Waals surface area contributed by atoms with Crippen LogP contribution in [0.15, 0.2) is 66.7 Å². The van der Waals surface area contributed by atoms with E-state index in [1.807, 2.05) is 80.8 Å². The highest BCUT2D eigenvalue weighted by atomic mass is 32.1. The molecule has 0 aliphatic carbocycles. The first-order chi connectivity index (χ1) is 17.5. The van der Waals surface area contributed by atoms with Crippen LogP contribution in [0.5, 0.6) is 0 Å². The standard InChI is InChI=1S/C28H34N4O3S/c1-29-20-23-12-13-26(36-23)27(33)31(2)18-19-32-16-14-22(15-17-32)35-28(34)30-25-11-7-6-10-24(25)21-8-4-3-5-9-21/h3-13,22,29H,14-20H2,1-2H3,(H,30,34). The van der Waals surface area contributed by atoms with Crippen LogP contribution in [-0.4, -0.2) is 68.2 Å². The Labute approximate surface area is 217 Å². The molecule has 1 aromatic heterocycles. The molecule has 7 nitrogen and oxygen atoms in total. The number of carbonyl (C=O) groups is 2. The van der Waals surface area contributed by atoms with E-state index in [0.29, 0.717) is 6.54 Å². The van der Waals surface area contributed by atoms with Gasteiger partial charge in [-0.2, -0.15) is 0 Å². The Bertz CT molecular complexity index is 1140. The molecule has 190 valence electrons. The maximum atomic E-state index is 12.7. The molecule has 0 saturated carbocycles. The number of amides is 2. The van der Waals surface area contributed by atoms with Gasteiger partial charge in [-0.15, -0.1) is 11.3 Å². The molecule has 4 rings (SSSR count). The molecule has 0 atom stereocenters. The third-order valence-corrected chi connectivity index (χ3v) is 7.45. The summed E-state index contributed by atoms with van der Waals surface area (Å²) in [5.74, 6) is 0.0630. The molecular formula is C28H34N4O3S. The number of rotatable bonds is 9. The molecule has 1 fully saturated rings. The number of carbonyl (C=O) groups excluding carboxylic acids is 2. The summed E-state index contributed by atoms with van der Waals surface area (Å²) < 4.78 is 5.73. The predicted molar refractivity (Wildman–Crippen MR) is 145 cm³/mol. The summed E-state index contributed by atoms with van der Waals surface area (Å²) in [4.78, 5) is 31.4. The minimum absolute atomic E-state index is 0.0630. The molecule has 0 radical (unpaired) electrons. The molecule has 3 aromatic rings. The topological polar surface area (TPSA) is 73.9 Å². The van der Waals surface area contributed by atoms with Crippen LogP contribution in [0.1, 0.15) is 27.4 Å². The van der Waals surface area contributed by atoms with Crippen LogP contribution in [0.4, 0.5) is 10.5 Å². The van der Waals surface area contributed by atoms with Crippen molar-refractivity contribution >= 4 is 29.0 Å². The Morgan fingerprint density at radius 2 is 1.75 bits per heavy atom. The quantitative estimate of drug-likeness (QED) is 0.431. The van der Waals surface area contributed by atoms with E-state index in [1.54, 1.807) is 4.90 Å². The molecule has 0 unspecified atom stereocenters. The fourth-order valence-electron chi connectivity index (χ4n) is 4.35. The van der Waals surface area contributed by atoms with Gasteiger partial charge in [0, 0.05) is 50.2 Å². The third kappa shape index (κ3) is 6.94. The molecule has 1 aliphatic heterocycles. The summed E-state index contributed by atoms with van der Waals surface area (Å²) in [7, 11) is 3.76. The molecule has 1 saturated heterocycles. The van der Waals surface area contributed by atoms with Gasteiger partial charge < -0.3 is 19.9 Å². The number of nitrogens with zero attached hydrogens (tertiary/aromatic N) is 2. The Morgan fingerprint density at radius 3 is 2.50 bits per heavy atom. The van der Waals surface area contributed by atoms with Gasteiger partial charge in [0.1, 0.15) is 6.10 Å². The van der Waals surface area contributed by atoms with E-state index in [9.17, 15) is 9.59 Å². The largest absolute Gasteiger partial charge is 0.446 e. The van der Waals surface area contributed by atoms with E-state index in [1.165, 1.54) is 11.3 Å². The second-order valence-electron chi connectivity index (χ2n) is 9.01. The molecule has 8 heteroatoms. The first-order valence-electron chi connectivity index (χ1n) is 12.4. The minimum atomic E-state index is -0.421. The van der Waals surface area contributed by atoms with Crippen molar-refractivity contribution in [2.45, 2.75) is 25.5 Å². The number of thiophene rings is 1. The van der Waals surface area contributed by atoms with E-state index >= 15 is 0 Å². The zero-order valence-electron chi connectivity index (χ0n) is 20.9. The monoisotopic (exact) mass is 506 g/mol. The molecule has 0 spiro atoms. The Morgan fingerprint density at radius 1 is 1.03 bits per heavy atom. The van der Waals surface area contributed by atoms with E-state index in [0.717, 1.165) is 65.6 Å². The number of ether oxygens (including phenoxy) is 1. The van der Waals surface area contributed by atoms with Gasteiger partial charge in [-0.3, -0.25) is 10.1 Å². The lowest BCUT2D eigenvalue weighted by molar-refractivity contribution is 0.0541. The number of likely N-dealkylation sites (N-methyl/N-ethyl adjacent to an activating group) is 1. The van der Waals surface area contributed by atoms with Crippen LogP contribution in [0.25, 0.3) is 11.1 Å². The van der Waals surface area contributed by atoms with Crippen LogP contribution in [0.2, 0.25) is 0 Å². The number of hydrogen-bond donors (Lipinski definition) is 2. The summed E-state index contributed by atoms with van der Waals surface area (Å²) in [6, 6.07) is 21.6. The van der Waals surface area contributed by atoms with Crippen LogP contribution in [0.3, 0.4) is 0 Å². The van der Waals surface area contributed by atoms with Crippen molar-refractivity contribution in [1.82, 2.24) is 15.1 Å². The van der Waals surface area contributed by atoms with E-state index < -0.39 is 6.09 Å². The fraction of sp³-hybridized carbons (Fsp3) is 0.357. The Kier molecular flexibility index (Phi) is 9.11. The number of nitrogens with one attached hydrogen (secondary N) is 2. The predicted octanol–water partition coefficient (Wildman–Crippen LogP) is 4.92. The van der Waals surface area contributed by atoms with Gasteiger partial charge in [0.25, 0.3) is 5.91 Å². The summed E-state index contributed by atoms with van der Waals surface area (Å²) in [5, 5.41) is 6.04.